The summed E-state index contributed by atoms with van der Waals surface area (Å²) in [6, 6.07) is 11.3. The average molecular weight is 380 g/mol. The van der Waals surface area contributed by atoms with Crippen molar-refractivity contribution in [3.8, 4) is 0 Å². The lowest BCUT2D eigenvalue weighted by Crippen LogP contribution is -2.60. The van der Waals surface area contributed by atoms with Crippen molar-refractivity contribution in [2.24, 2.45) is 22.7 Å². The highest BCUT2D eigenvalue weighted by atomic mass is 16.5. The van der Waals surface area contributed by atoms with E-state index in [4.69, 9.17) is 4.74 Å². The smallest absolute Gasteiger partial charge is 0.302 e. The second kappa shape index (κ2) is 5.64. The first-order valence-corrected chi connectivity index (χ1v) is 10.9. The van der Waals surface area contributed by atoms with Gasteiger partial charge in [-0.05, 0) is 73.8 Å². The van der Waals surface area contributed by atoms with E-state index in [-0.39, 0.29) is 28.4 Å². The van der Waals surface area contributed by atoms with Crippen LogP contribution < -0.4 is 0 Å². The standard InChI is InChI=1S/C25H33NO2/c1-16(27)28-22-11-12-24(4)20(23(22,2)3)10-13-25(5)21(24)15-18-14-17-8-6-7-9-19(17)26(18)25/h6-9,14,20-22H,10-13,15H2,1-5H3/t20-,21+,22?,24-,25+/m0/s1. The number of carbonyl (C=O) groups excluding carboxylic acids is 1. The van der Waals surface area contributed by atoms with Crippen LogP contribution >= 0.6 is 0 Å². The summed E-state index contributed by atoms with van der Waals surface area (Å²) < 4.78 is 8.48. The molecule has 3 nitrogen and oxygen atoms in total. The molecule has 2 saturated carbocycles. The van der Waals surface area contributed by atoms with Crippen LogP contribution in [-0.4, -0.2) is 16.6 Å². The van der Waals surface area contributed by atoms with E-state index in [0.717, 1.165) is 12.8 Å². The van der Waals surface area contributed by atoms with Crippen molar-refractivity contribution in [3.63, 3.8) is 0 Å². The van der Waals surface area contributed by atoms with E-state index < -0.39 is 0 Å². The third-order valence-corrected chi connectivity index (χ3v) is 8.97. The van der Waals surface area contributed by atoms with Gasteiger partial charge in [0.05, 0.1) is 0 Å². The lowest BCUT2D eigenvalue weighted by atomic mass is 9.44. The molecule has 1 aromatic heterocycles. The van der Waals surface area contributed by atoms with Gasteiger partial charge in [-0.15, -0.1) is 0 Å². The van der Waals surface area contributed by atoms with Crippen LogP contribution in [0, 0.1) is 22.7 Å². The monoisotopic (exact) mass is 379 g/mol. The van der Waals surface area contributed by atoms with Crippen molar-refractivity contribution >= 4 is 16.9 Å². The number of nitrogens with zero attached hydrogens (tertiary/aromatic N) is 1. The molecular weight excluding hydrogens is 346 g/mol. The van der Waals surface area contributed by atoms with E-state index in [1.165, 1.54) is 35.9 Å². The predicted molar refractivity (Wildman–Crippen MR) is 112 cm³/mol. The fourth-order valence-electron chi connectivity index (χ4n) is 7.81. The van der Waals surface area contributed by atoms with Crippen LogP contribution in [0.15, 0.2) is 30.3 Å². The van der Waals surface area contributed by atoms with E-state index in [1.807, 2.05) is 0 Å². The third-order valence-electron chi connectivity index (χ3n) is 8.97. The van der Waals surface area contributed by atoms with Gasteiger partial charge >= 0.3 is 5.97 Å². The van der Waals surface area contributed by atoms with Crippen molar-refractivity contribution in [2.45, 2.75) is 78.4 Å². The molecule has 5 atom stereocenters. The molecule has 2 heterocycles. The van der Waals surface area contributed by atoms with Gasteiger partial charge < -0.3 is 9.30 Å². The molecule has 5 rings (SSSR count). The van der Waals surface area contributed by atoms with E-state index in [1.54, 1.807) is 6.92 Å². The number of rotatable bonds is 1. The number of hydrogen-bond acceptors (Lipinski definition) is 2. The van der Waals surface area contributed by atoms with Gasteiger partial charge in [0, 0.05) is 29.1 Å². The third kappa shape index (κ3) is 2.19. The van der Waals surface area contributed by atoms with Gasteiger partial charge in [-0.2, -0.15) is 0 Å². The zero-order valence-electron chi connectivity index (χ0n) is 17.9. The Morgan fingerprint density at radius 3 is 2.57 bits per heavy atom. The van der Waals surface area contributed by atoms with E-state index in [2.05, 4.69) is 62.6 Å². The second-order valence-corrected chi connectivity index (χ2v) is 10.7. The average Bonchev–Trinajstić information content (AvgIpc) is 3.13. The summed E-state index contributed by atoms with van der Waals surface area (Å²) in [5.74, 6) is 1.11. The predicted octanol–water partition coefficient (Wildman–Crippen LogP) is 5.70. The van der Waals surface area contributed by atoms with Gasteiger partial charge in [0.2, 0.25) is 0 Å². The SMILES string of the molecule is CC(=O)OC1CC[C@]2(C)[C@H]3Cc4cc5ccccc5n4[C@]3(C)CC[C@H]2C1(C)C. The summed E-state index contributed by atoms with van der Waals surface area (Å²) >= 11 is 0. The quantitative estimate of drug-likeness (QED) is 0.595. The minimum Gasteiger partial charge on any atom is -0.462 e. The molecule has 0 amide bonds. The Kier molecular flexibility index (Phi) is 3.68. The van der Waals surface area contributed by atoms with Gasteiger partial charge in [0.25, 0.3) is 0 Å². The number of fused-ring (bicyclic) bond motifs is 7. The number of esters is 1. The molecule has 2 aliphatic carbocycles. The van der Waals surface area contributed by atoms with Crippen LogP contribution in [0.3, 0.4) is 0 Å². The minimum absolute atomic E-state index is 0.0271. The largest absolute Gasteiger partial charge is 0.462 e. The Balaban J connectivity index is 1.56. The van der Waals surface area contributed by atoms with Crippen molar-refractivity contribution in [3.05, 3.63) is 36.0 Å². The maximum atomic E-state index is 11.7. The Morgan fingerprint density at radius 1 is 1.07 bits per heavy atom. The summed E-state index contributed by atoms with van der Waals surface area (Å²) in [6.45, 7) is 11.3. The molecule has 1 aromatic carbocycles. The van der Waals surface area contributed by atoms with Gasteiger partial charge in [-0.1, -0.05) is 39.0 Å². The van der Waals surface area contributed by atoms with Gasteiger partial charge in [0.15, 0.2) is 0 Å². The van der Waals surface area contributed by atoms with Gasteiger partial charge in [-0.3, -0.25) is 4.79 Å². The number of hydrogen-bond donors (Lipinski definition) is 0. The maximum Gasteiger partial charge on any atom is 0.302 e. The molecule has 1 aliphatic heterocycles. The Hall–Kier alpha value is -1.77. The number of ether oxygens (including phenoxy) is 1. The first kappa shape index (κ1) is 18.3. The molecule has 3 aliphatic rings. The van der Waals surface area contributed by atoms with Crippen LogP contribution in [0.5, 0.6) is 0 Å². The topological polar surface area (TPSA) is 31.2 Å². The van der Waals surface area contributed by atoms with Crippen LogP contribution in [0.25, 0.3) is 10.9 Å². The van der Waals surface area contributed by atoms with Crippen molar-refractivity contribution in [1.82, 2.24) is 4.57 Å². The fourth-order valence-corrected chi connectivity index (χ4v) is 7.81. The van der Waals surface area contributed by atoms with Crippen molar-refractivity contribution in [1.29, 1.82) is 0 Å². The summed E-state index contributed by atoms with van der Waals surface area (Å²) in [5, 5.41) is 1.38. The molecular formula is C25H33NO2. The number of carbonyl (C=O) groups is 1. The molecule has 28 heavy (non-hydrogen) atoms. The number of aromatic nitrogens is 1. The molecule has 2 aromatic rings. The zero-order valence-corrected chi connectivity index (χ0v) is 17.9. The van der Waals surface area contributed by atoms with Crippen LogP contribution in [0.2, 0.25) is 0 Å². The van der Waals surface area contributed by atoms with E-state index in [0.29, 0.717) is 11.8 Å². The zero-order chi connectivity index (χ0) is 19.9. The minimum atomic E-state index is -0.134. The lowest BCUT2D eigenvalue weighted by molar-refractivity contribution is -0.185. The second-order valence-electron chi connectivity index (χ2n) is 10.7. The molecule has 1 unspecified atom stereocenters. The van der Waals surface area contributed by atoms with Crippen LogP contribution in [0.1, 0.15) is 66.0 Å². The molecule has 150 valence electrons. The van der Waals surface area contributed by atoms with E-state index >= 15 is 0 Å². The Morgan fingerprint density at radius 2 is 1.82 bits per heavy atom. The lowest BCUT2D eigenvalue weighted by Gasteiger charge is -2.62. The Labute approximate surface area is 168 Å². The maximum absolute atomic E-state index is 11.7. The highest BCUT2D eigenvalue weighted by Crippen LogP contribution is 2.66. The summed E-state index contributed by atoms with van der Waals surface area (Å²) in [6.07, 6.45) is 5.78. The summed E-state index contributed by atoms with van der Waals surface area (Å²) in [4.78, 5) is 11.7. The fraction of sp³-hybridized carbons (Fsp3) is 0.640. The molecule has 0 saturated heterocycles. The van der Waals surface area contributed by atoms with Crippen LogP contribution in [-0.2, 0) is 21.5 Å². The molecule has 0 spiro atoms. The van der Waals surface area contributed by atoms with Gasteiger partial charge in [0.1, 0.15) is 6.10 Å². The van der Waals surface area contributed by atoms with Gasteiger partial charge in [-0.25, -0.2) is 0 Å². The summed E-state index contributed by atoms with van der Waals surface area (Å²) in [5.41, 5.74) is 3.41. The first-order chi connectivity index (χ1) is 13.2. The van der Waals surface area contributed by atoms with Crippen LogP contribution in [0.4, 0.5) is 0 Å². The normalized spacial score (nSPS) is 38.5. The molecule has 0 radical (unpaired) electrons. The van der Waals surface area contributed by atoms with Crippen molar-refractivity contribution in [2.75, 3.05) is 0 Å². The highest BCUT2D eigenvalue weighted by Gasteiger charge is 2.63. The number of benzene rings is 1. The molecule has 3 heteroatoms. The molecule has 0 N–H and O–H groups in total. The first-order valence-electron chi connectivity index (χ1n) is 10.9. The number of para-hydroxylation sites is 1. The Bertz CT molecular complexity index is 957. The molecule has 2 fully saturated rings. The molecule has 0 bridgehead atoms. The summed E-state index contributed by atoms with van der Waals surface area (Å²) in [7, 11) is 0. The van der Waals surface area contributed by atoms with Crippen molar-refractivity contribution < 1.29 is 9.53 Å². The van der Waals surface area contributed by atoms with E-state index in [9.17, 15) is 4.79 Å². The highest BCUT2D eigenvalue weighted by molar-refractivity contribution is 5.82.